The molecule has 0 saturated carbocycles. The van der Waals surface area contributed by atoms with Crippen LogP contribution in [0.3, 0.4) is 0 Å². The maximum Gasteiger partial charge on any atom is 0.243 e. The van der Waals surface area contributed by atoms with Gasteiger partial charge in [0.25, 0.3) is 0 Å². The van der Waals surface area contributed by atoms with Crippen LogP contribution >= 0.6 is 0 Å². The molecular formula is C16H24N4O. The van der Waals surface area contributed by atoms with Crippen LogP contribution in [0.1, 0.15) is 32.8 Å². The highest BCUT2D eigenvalue weighted by Crippen LogP contribution is 2.21. The molecule has 5 heteroatoms. The topological polar surface area (TPSA) is 72.9 Å². The van der Waals surface area contributed by atoms with Gasteiger partial charge in [-0.1, -0.05) is 26.3 Å². The van der Waals surface area contributed by atoms with Crippen LogP contribution in [0.4, 0.5) is 5.95 Å². The number of imidazole rings is 1. The van der Waals surface area contributed by atoms with Crippen LogP contribution in [0.5, 0.6) is 0 Å². The zero-order valence-corrected chi connectivity index (χ0v) is 13.2. The molecule has 0 radical (unpaired) electrons. The SMILES string of the molecule is CCC(C)C(N)C(=O)Nc1nc2cc(C)ccc2n1CC. The van der Waals surface area contributed by atoms with Crippen molar-refractivity contribution in [3.63, 3.8) is 0 Å². The highest BCUT2D eigenvalue weighted by molar-refractivity contribution is 5.95. The molecule has 114 valence electrons. The molecule has 0 fully saturated rings. The summed E-state index contributed by atoms with van der Waals surface area (Å²) in [6.07, 6.45) is 0.873. The molecule has 0 bridgehead atoms. The zero-order chi connectivity index (χ0) is 15.6. The van der Waals surface area contributed by atoms with Crippen molar-refractivity contribution in [1.82, 2.24) is 9.55 Å². The van der Waals surface area contributed by atoms with Crippen molar-refractivity contribution >= 4 is 22.9 Å². The molecule has 2 rings (SSSR count). The minimum absolute atomic E-state index is 0.145. The van der Waals surface area contributed by atoms with E-state index in [9.17, 15) is 4.79 Å². The number of nitrogens with two attached hydrogens (primary N) is 1. The monoisotopic (exact) mass is 288 g/mol. The van der Waals surface area contributed by atoms with Crippen LogP contribution in [0, 0.1) is 12.8 Å². The number of anilines is 1. The number of nitrogens with one attached hydrogen (secondary N) is 1. The van der Waals surface area contributed by atoms with Crippen molar-refractivity contribution in [1.29, 1.82) is 0 Å². The number of nitrogens with zero attached hydrogens (tertiary/aromatic N) is 2. The number of amides is 1. The summed E-state index contributed by atoms with van der Waals surface area (Å²) >= 11 is 0. The molecule has 2 aromatic rings. The molecule has 0 aliphatic carbocycles. The van der Waals surface area contributed by atoms with Gasteiger partial charge >= 0.3 is 0 Å². The molecule has 0 spiro atoms. The van der Waals surface area contributed by atoms with Crippen molar-refractivity contribution in [3.8, 4) is 0 Å². The Bertz CT molecular complexity index is 647. The van der Waals surface area contributed by atoms with Gasteiger partial charge in [0.2, 0.25) is 11.9 Å². The Kier molecular flexibility index (Phi) is 4.63. The summed E-state index contributed by atoms with van der Waals surface area (Å²) in [5.41, 5.74) is 9.05. The third kappa shape index (κ3) is 3.08. The van der Waals surface area contributed by atoms with Crippen molar-refractivity contribution in [2.75, 3.05) is 5.32 Å². The number of carbonyl (C=O) groups excluding carboxylic acids is 1. The second-order valence-electron chi connectivity index (χ2n) is 5.57. The van der Waals surface area contributed by atoms with E-state index in [-0.39, 0.29) is 11.8 Å². The third-order valence-corrected chi connectivity index (χ3v) is 4.01. The molecule has 1 amide bonds. The van der Waals surface area contributed by atoms with Crippen LogP contribution in [0.15, 0.2) is 18.2 Å². The fraction of sp³-hybridized carbons (Fsp3) is 0.500. The Morgan fingerprint density at radius 2 is 2.14 bits per heavy atom. The van der Waals surface area contributed by atoms with Gasteiger partial charge in [0, 0.05) is 6.54 Å². The highest BCUT2D eigenvalue weighted by atomic mass is 16.2. The van der Waals surface area contributed by atoms with Crippen LogP contribution in [0.25, 0.3) is 11.0 Å². The van der Waals surface area contributed by atoms with Gasteiger partial charge in [-0.25, -0.2) is 4.98 Å². The van der Waals surface area contributed by atoms with Gasteiger partial charge in [-0.3, -0.25) is 10.1 Å². The molecule has 2 unspecified atom stereocenters. The Morgan fingerprint density at radius 1 is 1.43 bits per heavy atom. The maximum absolute atomic E-state index is 12.2. The van der Waals surface area contributed by atoms with Gasteiger partial charge in [0.1, 0.15) is 0 Å². The number of benzene rings is 1. The van der Waals surface area contributed by atoms with Crippen molar-refractivity contribution in [3.05, 3.63) is 23.8 Å². The number of fused-ring (bicyclic) bond motifs is 1. The Hall–Kier alpha value is -1.88. The molecule has 1 aromatic carbocycles. The number of aryl methyl sites for hydroxylation is 2. The van der Waals surface area contributed by atoms with E-state index < -0.39 is 6.04 Å². The van der Waals surface area contributed by atoms with Crippen molar-refractivity contribution in [2.24, 2.45) is 11.7 Å². The van der Waals surface area contributed by atoms with Crippen LogP contribution in [-0.4, -0.2) is 21.5 Å². The van der Waals surface area contributed by atoms with Crippen LogP contribution in [0.2, 0.25) is 0 Å². The fourth-order valence-corrected chi connectivity index (χ4v) is 2.36. The first kappa shape index (κ1) is 15.5. The van der Waals surface area contributed by atoms with Gasteiger partial charge in [-0.15, -0.1) is 0 Å². The lowest BCUT2D eigenvalue weighted by Crippen LogP contribution is -2.41. The van der Waals surface area contributed by atoms with Crippen LogP contribution < -0.4 is 11.1 Å². The van der Waals surface area contributed by atoms with E-state index in [0.717, 1.165) is 29.6 Å². The summed E-state index contributed by atoms with van der Waals surface area (Å²) in [7, 11) is 0. The summed E-state index contributed by atoms with van der Waals surface area (Å²) in [5.74, 6) is 0.541. The Morgan fingerprint density at radius 3 is 2.76 bits per heavy atom. The predicted molar refractivity (Wildman–Crippen MR) is 86.2 cm³/mol. The van der Waals surface area contributed by atoms with E-state index in [2.05, 4.69) is 10.3 Å². The quantitative estimate of drug-likeness (QED) is 0.888. The lowest BCUT2D eigenvalue weighted by atomic mass is 10.00. The van der Waals surface area contributed by atoms with Gasteiger partial charge < -0.3 is 10.3 Å². The standard InChI is InChI=1S/C16H24N4O/c1-5-11(4)14(17)15(21)19-16-18-12-9-10(3)7-8-13(12)20(16)6-2/h7-9,11,14H,5-6,17H2,1-4H3,(H,18,19,21). The lowest BCUT2D eigenvalue weighted by Gasteiger charge is -2.17. The van der Waals surface area contributed by atoms with Crippen LogP contribution in [-0.2, 0) is 11.3 Å². The number of aromatic nitrogens is 2. The average Bonchev–Trinajstić information content (AvgIpc) is 2.81. The van der Waals surface area contributed by atoms with E-state index in [4.69, 9.17) is 5.73 Å². The molecule has 0 aliphatic heterocycles. The first-order valence-electron chi connectivity index (χ1n) is 7.51. The maximum atomic E-state index is 12.2. The second kappa shape index (κ2) is 6.26. The molecule has 0 aliphatic rings. The normalized spacial score (nSPS) is 14.1. The molecule has 5 nitrogen and oxygen atoms in total. The van der Waals surface area contributed by atoms with Gasteiger partial charge in [-0.05, 0) is 37.5 Å². The van der Waals surface area contributed by atoms with Gasteiger partial charge in [-0.2, -0.15) is 0 Å². The number of hydrogen-bond donors (Lipinski definition) is 2. The number of hydrogen-bond acceptors (Lipinski definition) is 3. The highest BCUT2D eigenvalue weighted by Gasteiger charge is 2.21. The minimum atomic E-state index is -0.512. The number of carbonyl (C=O) groups is 1. The molecular weight excluding hydrogens is 264 g/mol. The summed E-state index contributed by atoms with van der Waals surface area (Å²) in [6.45, 7) is 8.82. The third-order valence-electron chi connectivity index (χ3n) is 4.01. The number of rotatable bonds is 5. The molecule has 0 saturated heterocycles. The molecule has 1 aromatic heterocycles. The van der Waals surface area contributed by atoms with E-state index in [0.29, 0.717) is 5.95 Å². The largest absolute Gasteiger partial charge is 0.320 e. The van der Waals surface area contributed by atoms with Gasteiger partial charge in [0.15, 0.2) is 0 Å². The molecule has 3 N–H and O–H groups in total. The summed E-state index contributed by atoms with van der Waals surface area (Å²) in [4.78, 5) is 16.8. The molecule has 1 heterocycles. The lowest BCUT2D eigenvalue weighted by molar-refractivity contribution is -0.118. The Labute approximate surface area is 125 Å². The molecule has 2 atom stereocenters. The summed E-state index contributed by atoms with van der Waals surface area (Å²) in [5, 5.41) is 2.87. The predicted octanol–water partition coefficient (Wildman–Crippen LogP) is 2.68. The first-order chi connectivity index (χ1) is 9.97. The average molecular weight is 288 g/mol. The van der Waals surface area contributed by atoms with E-state index >= 15 is 0 Å². The zero-order valence-electron chi connectivity index (χ0n) is 13.2. The second-order valence-corrected chi connectivity index (χ2v) is 5.57. The van der Waals surface area contributed by atoms with Crippen molar-refractivity contribution < 1.29 is 4.79 Å². The van der Waals surface area contributed by atoms with E-state index in [1.807, 2.05) is 50.5 Å². The fourth-order valence-electron chi connectivity index (χ4n) is 2.36. The van der Waals surface area contributed by atoms with E-state index in [1.54, 1.807) is 0 Å². The summed E-state index contributed by atoms with van der Waals surface area (Å²) < 4.78 is 2.00. The summed E-state index contributed by atoms with van der Waals surface area (Å²) in [6, 6.07) is 5.59. The van der Waals surface area contributed by atoms with Crippen molar-refractivity contribution in [2.45, 2.75) is 46.7 Å². The first-order valence-corrected chi connectivity index (χ1v) is 7.51. The smallest absolute Gasteiger partial charge is 0.243 e. The molecule has 21 heavy (non-hydrogen) atoms. The minimum Gasteiger partial charge on any atom is -0.320 e. The van der Waals surface area contributed by atoms with Gasteiger partial charge in [0.05, 0.1) is 17.1 Å². The Balaban J connectivity index is 2.31. The van der Waals surface area contributed by atoms with E-state index in [1.165, 1.54) is 0 Å².